The van der Waals surface area contributed by atoms with E-state index in [0.29, 0.717) is 0 Å². The Kier molecular flexibility index (Phi) is 28.1. The second-order valence-electron chi connectivity index (χ2n) is 26.2. The molecule has 10 aromatic carbocycles. The van der Waals surface area contributed by atoms with Crippen LogP contribution in [0.15, 0.2) is 303 Å². The normalized spacial score (nSPS) is 24.8. The first-order valence-corrected chi connectivity index (χ1v) is 35.9. The Morgan fingerprint density at radius 3 is 0.644 bits per heavy atom. The Hall–Kier alpha value is -8.44. The van der Waals surface area contributed by atoms with Gasteiger partial charge in [-0.05, 0) is 55.6 Å². The zero-order chi connectivity index (χ0) is 70.6. The summed E-state index contributed by atoms with van der Waals surface area (Å²) in [6, 6.07) is 99.3. The fraction of sp³-hybridized carbons (Fsp3) is 0.318. The Balaban J connectivity index is 0.931. The molecule has 0 radical (unpaired) electrons. The van der Waals surface area contributed by atoms with E-state index in [1.165, 1.54) is 0 Å². The van der Waals surface area contributed by atoms with Crippen molar-refractivity contribution in [2.75, 3.05) is 19.8 Å². The van der Waals surface area contributed by atoms with Crippen molar-refractivity contribution in [3.63, 3.8) is 0 Å². The Labute approximate surface area is 610 Å². The van der Waals surface area contributed by atoms with Crippen molar-refractivity contribution in [2.45, 2.75) is 158 Å². The summed E-state index contributed by atoms with van der Waals surface area (Å²) in [5.41, 5.74) is 9.22. The highest BCUT2D eigenvalue weighted by Crippen LogP contribution is 2.40. The predicted octanol–water partition coefficient (Wildman–Crippen LogP) is 14.7. The summed E-state index contributed by atoms with van der Waals surface area (Å²) >= 11 is 0. The van der Waals surface area contributed by atoms with Gasteiger partial charge in [-0.2, -0.15) is 0 Å². The quantitative estimate of drug-likeness (QED) is 0.0392. The Morgan fingerprint density at radius 2 is 0.394 bits per heavy atom. The first-order valence-electron chi connectivity index (χ1n) is 35.9. The van der Waals surface area contributed by atoms with Gasteiger partial charge in [0.1, 0.15) is 73.2 Å². The van der Waals surface area contributed by atoms with E-state index >= 15 is 0 Å². The SMILES string of the molecule is O[C@H]1O[C@H](COCc2ccccc2)[C@@H](OCc2ccccc2)[C@H](O[C@H]2O[C@H](COCc3ccccc3)[C@H](OCc3ccccc3)[C@H](OCc3ccccc3)[C@H]2OCc2ccccc2)[C@@H]1O[C@@H]1O[C@H](COCc2ccccc2)[C@H](OCc2ccccc2)[C@H](OCc2ccccc2)[C@H]1OCc1ccccc1. The van der Waals surface area contributed by atoms with Gasteiger partial charge in [0.2, 0.25) is 0 Å². The lowest BCUT2D eigenvalue weighted by Gasteiger charge is -2.51. The van der Waals surface area contributed by atoms with Crippen molar-refractivity contribution >= 4 is 0 Å². The fourth-order valence-corrected chi connectivity index (χ4v) is 13.2. The molecule has 104 heavy (non-hydrogen) atoms. The van der Waals surface area contributed by atoms with Gasteiger partial charge in [-0.15, -0.1) is 0 Å². The van der Waals surface area contributed by atoms with Crippen LogP contribution in [0.5, 0.6) is 0 Å². The highest BCUT2D eigenvalue weighted by molar-refractivity contribution is 5.21. The zero-order valence-corrected chi connectivity index (χ0v) is 58.3. The number of benzene rings is 10. The van der Waals surface area contributed by atoms with E-state index in [4.69, 9.17) is 71.1 Å². The number of hydrogen-bond donors (Lipinski definition) is 1. The molecule has 0 spiro atoms. The number of aliphatic hydroxyl groups is 1. The monoisotopic (exact) mass is 1400 g/mol. The zero-order valence-electron chi connectivity index (χ0n) is 58.3. The van der Waals surface area contributed by atoms with Crippen molar-refractivity contribution in [1.29, 1.82) is 0 Å². The molecule has 0 unspecified atom stereocenters. The van der Waals surface area contributed by atoms with E-state index in [0.717, 1.165) is 55.6 Å². The minimum Gasteiger partial charge on any atom is -0.374 e. The lowest BCUT2D eigenvalue weighted by molar-refractivity contribution is -0.400. The molecule has 540 valence electrons. The van der Waals surface area contributed by atoms with Crippen LogP contribution < -0.4 is 0 Å². The molecule has 13 rings (SSSR count). The first-order chi connectivity index (χ1) is 51.5. The molecule has 16 heteroatoms. The highest BCUT2D eigenvalue weighted by Gasteiger charge is 2.57. The molecule has 15 atom stereocenters. The lowest BCUT2D eigenvalue weighted by atomic mass is 9.95. The van der Waals surface area contributed by atoms with Crippen LogP contribution in [0, 0.1) is 0 Å². The maximum absolute atomic E-state index is 13.3. The van der Waals surface area contributed by atoms with Crippen LogP contribution >= 0.6 is 0 Å². The molecule has 1 N–H and O–H groups in total. The summed E-state index contributed by atoms with van der Waals surface area (Å²) in [7, 11) is 0. The van der Waals surface area contributed by atoms with Crippen LogP contribution in [0.4, 0.5) is 0 Å². The van der Waals surface area contributed by atoms with E-state index in [2.05, 4.69) is 0 Å². The maximum Gasteiger partial charge on any atom is 0.187 e. The standard InChI is InChI=1S/C88H92O16/c89-86-83(104-88-85(99-60-73-49-29-10-30-50-73)81(97-58-71-45-25-8-26-46-71)78(94-55-68-39-19-5-20-40-68)76(102-88)63-92-53-66-35-15-3-16-36-66)82(79(95-56-69-41-21-6-22-42-69)74(100-86)61-90-51-64-31-11-1-12-32-64)103-87-84(98-59-72-47-27-9-28-48-72)80(96-57-70-43-23-7-24-44-70)77(93-54-67-37-17-4-18-38-67)75(101-87)62-91-52-65-33-13-2-14-34-65/h1-50,74-89H,51-63H2/t74-,75-,76-,77+,78+,79-,80+,81+,82+,83+,84-,85-,86+,87-,88+/m1/s1. The highest BCUT2D eigenvalue weighted by atomic mass is 16.8. The molecule has 0 aliphatic carbocycles. The van der Waals surface area contributed by atoms with Crippen molar-refractivity contribution < 1.29 is 76.2 Å². The molecule has 3 fully saturated rings. The summed E-state index contributed by atoms with van der Waals surface area (Å²) in [5, 5.41) is 13.3. The third-order valence-electron chi connectivity index (χ3n) is 18.6. The molecule has 16 nitrogen and oxygen atoms in total. The van der Waals surface area contributed by atoms with Gasteiger partial charge in [0, 0.05) is 0 Å². The van der Waals surface area contributed by atoms with Gasteiger partial charge in [0.25, 0.3) is 0 Å². The number of ether oxygens (including phenoxy) is 15. The van der Waals surface area contributed by atoms with E-state index in [1.807, 2.05) is 303 Å². The van der Waals surface area contributed by atoms with E-state index in [1.54, 1.807) is 0 Å². The van der Waals surface area contributed by atoms with Gasteiger partial charge in [0.15, 0.2) is 18.9 Å². The van der Waals surface area contributed by atoms with Gasteiger partial charge < -0.3 is 76.2 Å². The van der Waals surface area contributed by atoms with Crippen LogP contribution in [0.3, 0.4) is 0 Å². The molecule has 10 aromatic rings. The maximum atomic E-state index is 13.3. The molecule has 0 amide bonds. The summed E-state index contributed by atoms with van der Waals surface area (Å²) < 4.78 is 108. The smallest absolute Gasteiger partial charge is 0.187 e. The third-order valence-corrected chi connectivity index (χ3v) is 18.6. The van der Waals surface area contributed by atoms with Crippen molar-refractivity contribution in [3.05, 3.63) is 359 Å². The second-order valence-corrected chi connectivity index (χ2v) is 26.2. The van der Waals surface area contributed by atoms with Gasteiger partial charge in [-0.1, -0.05) is 303 Å². The summed E-state index contributed by atoms with van der Waals surface area (Å²) in [4.78, 5) is 0. The largest absolute Gasteiger partial charge is 0.374 e. The lowest BCUT2D eigenvalue weighted by Crippen LogP contribution is -2.68. The van der Waals surface area contributed by atoms with Crippen LogP contribution in [0.2, 0.25) is 0 Å². The van der Waals surface area contributed by atoms with Gasteiger partial charge in [0.05, 0.1) is 85.9 Å². The average Bonchev–Trinajstić information content (AvgIpc) is 0.762. The molecular weight excluding hydrogens is 1310 g/mol. The molecule has 3 heterocycles. The second kappa shape index (κ2) is 39.6. The molecule has 0 aromatic heterocycles. The number of rotatable bonds is 37. The Bertz CT molecular complexity index is 3960. The van der Waals surface area contributed by atoms with Gasteiger partial charge >= 0.3 is 0 Å². The van der Waals surface area contributed by atoms with E-state index in [-0.39, 0.29) is 85.9 Å². The fourth-order valence-electron chi connectivity index (χ4n) is 13.2. The van der Waals surface area contributed by atoms with E-state index < -0.39 is 92.1 Å². The first kappa shape index (κ1) is 73.9. The summed E-state index contributed by atoms with van der Waals surface area (Å²) in [5.74, 6) is 0. The van der Waals surface area contributed by atoms with Crippen molar-refractivity contribution in [1.82, 2.24) is 0 Å². The number of aliphatic hydroxyl groups excluding tert-OH is 1. The third kappa shape index (κ3) is 21.6. The van der Waals surface area contributed by atoms with Crippen LogP contribution in [0.1, 0.15) is 55.6 Å². The van der Waals surface area contributed by atoms with Crippen molar-refractivity contribution in [3.8, 4) is 0 Å². The molecule has 3 saturated heterocycles. The van der Waals surface area contributed by atoms with Gasteiger partial charge in [-0.25, -0.2) is 0 Å². The molecule has 0 saturated carbocycles. The molecule has 3 aliphatic heterocycles. The molecule has 0 bridgehead atoms. The van der Waals surface area contributed by atoms with Crippen molar-refractivity contribution in [2.24, 2.45) is 0 Å². The summed E-state index contributed by atoms with van der Waals surface area (Å²) in [6.07, 6.45) is -16.7. The topological polar surface area (TPSA) is 159 Å². The predicted molar refractivity (Wildman–Crippen MR) is 391 cm³/mol. The minimum atomic E-state index is -1.76. The van der Waals surface area contributed by atoms with Crippen LogP contribution in [-0.4, -0.2) is 117 Å². The van der Waals surface area contributed by atoms with Crippen LogP contribution in [0.25, 0.3) is 0 Å². The number of hydrogen-bond acceptors (Lipinski definition) is 16. The minimum absolute atomic E-state index is 0.0278. The Morgan fingerprint density at radius 1 is 0.202 bits per heavy atom. The van der Waals surface area contributed by atoms with Crippen LogP contribution in [-0.2, 0) is 137 Å². The van der Waals surface area contributed by atoms with Gasteiger partial charge in [-0.3, -0.25) is 0 Å². The van der Waals surface area contributed by atoms with E-state index in [9.17, 15) is 5.11 Å². The molecule has 3 aliphatic rings. The molecular formula is C88H92O16. The summed E-state index contributed by atoms with van der Waals surface area (Å²) in [6.45, 7) is 1.81. The average molecular weight is 1410 g/mol.